The van der Waals surface area contributed by atoms with Crippen LogP contribution in [0.2, 0.25) is 0 Å². The highest BCUT2D eigenvalue weighted by molar-refractivity contribution is 7.19. The minimum Gasteiger partial charge on any atom is -0.386 e. The SMILES string of the molecule is CN=C(NCC(O)c1cc2ccccc2s1)NCC1CCCOC1c1ccccc1. The number of benzene rings is 2. The number of hydrogen-bond acceptors (Lipinski definition) is 4. The van der Waals surface area contributed by atoms with Gasteiger partial charge in [0.15, 0.2) is 5.96 Å². The van der Waals surface area contributed by atoms with E-state index in [4.69, 9.17) is 4.74 Å². The van der Waals surface area contributed by atoms with Gasteiger partial charge in [0, 0.05) is 42.2 Å². The number of nitrogens with zero attached hydrogens (tertiary/aromatic N) is 1. The number of guanidine groups is 1. The van der Waals surface area contributed by atoms with Crippen LogP contribution in [0.15, 0.2) is 65.7 Å². The maximum absolute atomic E-state index is 10.6. The third-order valence-electron chi connectivity index (χ3n) is 5.56. The Morgan fingerprint density at radius 3 is 2.77 bits per heavy atom. The van der Waals surface area contributed by atoms with Crippen molar-refractivity contribution in [2.24, 2.45) is 10.9 Å². The van der Waals surface area contributed by atoms with Crippen molar-refractivity contribution in [2.45, 2.75) is 25.0 Å². The maximum Gasteiger partial charge on any atom is 0.191 e. The highest BCUT2D eigenvalue weighted by Crippen LogP contribution is 2.33. The maximum atomic E-state index is 10.6. The van der Waals surface area contributed by atoms with Gasteiger partial charge in [0.25, 0.3) is 0 Å². The molecule has 2 heterocycles. The summed E-state index contributed by atoms with van der Waals surface area (Å²) in [4.78, 5) is 5.29. The van der Waals surface area contributed by atoms with Gasteiger partial charge < -0.3 is 20.5 Å². The fraction of sp³-hybridized carbons (Fsp3) is 0.375. The zero-order chi connectivity index (χ0) is 20.8. The first-order chi connectivity index (χ1) is 14.7. The van der Waals surface area contributed by atoms with Crippen molar-refractivity contribution in [2.75, 3.05) is 26.7 Å². The quantitative estimate of drug-likeness (QED) is 0.409. The lowest BCUT2D eigenvalue weighted by Crippen LogP contribution is -2.43. The van der Waals surface area contributed by atoms with Gasteiger partial charge in [-0.25, -0.2) is 0 Å². The minimum atomic E-state index is -0.573. The molecule has 6 heteroatoms. The Bertz CT molecular complexity index is 940. The van der Waals surface area contributed by atoms with Gasteiger partial charge in [-0.3, -0.25) is 4.99 Å². The number of aliphatic hydroxyl groups excluding tert-OH is 1. The van der Waals surface area contributed by atoms with E-state index in [1.165, 1.54) is 15.6 Å². The minimum absolute atomic E-state index is 0.106. The monoisotopic (exact) mass is 423 g/mol. The van der Waals surface area contributed by atoms with Crippen molar-refractivity contribution in [3.8, 4) is 0 Å². The number of nitrogens with one attached hydrogen (secondary N) is 2. The molecule has 1 saturated heterocycles. The van der Waals surface area contributed by atoms with E-state index in [1.54, 1.807) is 18.4 Å². The molecule has 0 saturated carbocycles. The fourth-order valence-corrected chi connectivity index (χ4v) is 5.02. The molecule has 3 atom stereocenters. The Morgan fingerprint density at radius 2 is 1.97 bits per heavy atom. The summed E-state index contributed by atoms with van der Waals surface area (Å²) in [5, 5.41) is 18.5. The molecule has 3 N–H and O–H groups in total. The molecule has 0 radical (unpaired) electrons. The average molecular weight is 424 g/mol. The molecule has 0 aliphatic carbocycles. The summed E-state index contributed by atoms with van der Waals surface area (Å²) in [6.07, 6.45) is 1.73. The van der Waals surface area contributed by atoms with Crippen LogP contribution >= 0.6 is 11.3 Å². The van der Waals surface area contributed by atoms with Crippen molar-refractivity contribution in [1.82, 2.24) is 10.6 Å². The molecular weight excluding hydrogens is 394 g/mol. The molecule has 1 aliphatic heterocycles. The summed E-state index contributed by atoms with van der Waals surface area (Å²) >= 11 is 1.63. The predicted molar refractivity (Wildman–Crippen MR) is 124 cm³/mol. The summed E-state index contributed by atoms with van der Waals surface area (Å²) in [5.74, 6) is 1.08. The Kier molecular flexibility index (Phi) is 7.00. The van der Waals surface area contributed by atoms with Crippen molar-refractivity contribution in [3.05, 3.63) is 71.1 Å². The van der Waals surface area contributed by atoms with Gasteiger partial charge in [0.1, 0.15) is 6.10 Å². The third kappa shape index (κ3) is 5.01. The number of ether oxygens (including phenoxy) is 1. The number of rotatable bonds is 6. The normalized spacial score (nSPS) is 20.8. The number of aliphatic imine (C=N–C) groups is 1. The van der Waals surface area contributed by atoms with Crippen LogP contribution in [0.5, 0.6) is 0 Å². The van der Waals surface area contributed by atoms with Gasteiger partial charge in [-0.2, -0.15) is 0 Å². The predicted octanol–water partition coefficient (Wildman–Crippen LogP) is 4.27. The van der Waals surface area contributed by atoms with Crippen molar-refractivity contribution < 1.29 is 9.84 Å². The van der Waals surface area contributed by atoms with Crippen molar-refractivity contribution in [1.29, 1.82) is 0 Å². The van der Waals surface area contributed by atoms with E-state index in [1.807, 2.05) is 18.2 Å². The second-order valence-corrected chi connectivity index (χ2v) is 8.76. The Balaban J connectivity index is 1.32. The standard InChI is InChI=1S/C24H29N3O2S/c1-25-24(27-16-20(28)22-14-18-10-5-6-12-21(18)30-22)26-15-19-11-7-13-29-23(19)17-8-3-2-4-9-17/h2-6,8-10,12,14,19-20,23,28H,7,11,13,15-16H2,1H3,(H2,25,26,27). The van der Waals surface area contributed by atoms with Gasteiger partial charge in [0.2, 0.25) is 0 Å². The molecule has 1 aromatic heterocycles. The highest BCUT2D eigenvalue weighted by Gasteiger charge is 2.27. The van der Waals surface area contributed by atoms with E-state index in [-0.39, 0.29) is 6.10 Å². The highest BCUT2D eigenvalue weighted by atomic mass is 32.1. The van der Waals surface area contributed by atoms with Crippen LogP contribution in [-0.2, 0) is 4.74 Å². The number of hydrogen-bond donors (Lipinski definition) is 3. The van der Waals surface area contributed by atoms with Crippen molar-refractivity contribution >= 4 is 27.4 Å². The second kappa shape index (κ2) is 10.1. The first-order valence-corrected chi connectivity index (χ1v) is 11.3. The second-order valence-electron chi connectivity index (χ2n) is 7.64. The van der Waals surface area contributed by atoms with Crippen LogP contribution < -0.4 is 10.6 Å². The van der Waals surface area contributed by atoms with E-state index < -0.39 is 6.10 Å². The van der Waals surface area contributed by atoms with Crippen LogP contribution in [0.25, 0.3) is 10.1 Å². The molecule has 3 unspecified atom stereocenters. The lowest BCUT2D eigenvalue weighted by molar-refractivity contribution is -0.0265. The van der Waals surface area contributed by atoms with Crippen LogP contribution in [0.4, 0.5) is 0 Å². The molecule has 5 nitrogen and oxygen atoms in total. The van der Waals surface area contributed by atoms with Gasteiger partial charge >= 0.3 is 0 Å². The molecule has 1 fully saturated rings. The molecule has 158 valence electrons. The smallest absolute Gasteiger partial charge is 0.191 e. The molecule has 3 aromatic rings. The summed E-state index contributed by atoms with van der Waals surface area (Å²) < 4.78 is 7.28. The molecule has 4 rings (SSSR count). The van der Waals surface area contributed by atoms with Gasteiger partial charge in [-0.05, 0) is 35.9 Å². The zero-order valence-electron chi connectivity index (χ0n) is 17.3. The topological polar surface area (TPSA) is 65.9 Å². The Hall–Kier alpha value is -2.41. The van der Waals surface area contributed by atoms with Crippen LogP contribution in [0.3, 0.4) is 0 Å². The van der Waals surface area contributed by atoms with Gasteiger partial charge in [0.05, 0.1) is 6.10 Å². The lowest BCUT2D eigenvalue weighted by atomic mass is 9.89. The Labute approximate surface area is 181 Å². The van der Waals surface area contributed by atoms with E-state index in [2.05, 4.69) is 58.1 Å². The summed E-state index contributed by atoms with van der Waals surface area (Å²) in [6.45, 7) is 2.00. The molecular formula is C24H29N3O2S. The first-order valence-electron chi connectivity index (χ1n) is 10.5. The number of aliphatic hydroxyl groups is 1. The molecule has 2 aromatic carbocycles. The summed E-state index contributed by atoms with van der Waals surface area (Å²) in [6, 6.07) is 20.7. The fourth-order valence-electron chi connectivity index (χ4n) is 3.97. The van der Waals surface area contributed by atoms with E-state index in [0.717, 1.165) is 30.9 Å². The molecule has 0 spiro atoms. The largest absolute Gasteiger partial charge is 0.386 e. The molecule has 1 aliphatic rings. The summed E-state index contributed by atoms with van der Waals surface area (Å²) in [7, 11) is 1.76. The number of thiophene rings is 1. The van der Waals surface area contributed by atoms with Crippen LogP contribution in [0, 0.1) is 5.92 Å². The van der Waals surface area contributed by atoms with E-state index in [0.29, 0.717) is 18.4 Å². The zero-order valence-corrected chi connectivity index (χ0v) is 18.1. The number of fused-ring (bicyclic) bond motifs is 1. The molecule has 30 heavy (non-hydrogen) atoms. The molecule has 0 bridgehead atoms. The van der Waals surface area contributed by atoms with E-state index >= 15 is 0 Å². The first kappa shape index (κ1) is 20.8. The van der Waals surface area contributed by atoms with E-state index in [9.17, 15) is 5.11 Å². The van der Waals surface area contributed by atoms with Crippen LogP contribution in [0.1, 0.15) is 35.5 Å². The third-order valence-corrected chi connectivity index (χ3v) is 6.78. The lowest BCUT2D eigenvalue weighted by Gasteiger charge is -2.32. The average Bonchev–Trinajstić information content (AvgIpc) is 3.24. The van der Waals surface area contributed by atoms with Crippen molar-refractivity contribution in [3.63, 3.8) is 0 Å². The molecule has 0 amide bonds. The van der Waals surface area contributed by atoms with Gasteiger partial charge in [-0.1, -0.05) is 48.5 Å². The summed E-state index contributed by atoms with van der Waals surface area (Å²) in [5.41, 5.74) is 1.23. The Morgan fingerprint density at radius 1 is 1.17 bits per heavy atom. The van der Waals surface area contributed by atoms with Gasteiger partial charge in [-0.15, -0.1) is 11.3 Å². The van der Waals surface area contributed by atoms with Crippen LogP contribution in [-0.4, -0.2) is 37.8 Å².